The van der Waals surface area contributed by atoms with Crippen LogP contribution in [0.4, 0.5) is 4.79 Å². The Morgan fingerprint density at radius 2 is 2.13 bits per heavy atom. The molecule has 0 bridgehead atoms. The van der Waals surface area contributed by atoms with Gasteiger partial charge in [0.15, 0.2) is 5.82 Å². The number of carbonyl (C=O) groups is 1. The molecular formula is C16H28N6O. The van der Waals surface area contributed by atoms with Crippen molar-refractivity contribution in [3.63, 3.8) is 0 Å². The molecule has 0 spiro atoms. The SMILES string of the molecule is CC(C)CC[C@@H]1CCCCN1C(=O)NCc1nnnn1C1CC1. The van der Waals surface area contributed by atoms with E-state index in [0.29, 0.717) is 24.5 Å². The fraction of sp³-hybridized carbons (Fsp3) is 0.875. The second-order valence-corrected chi connectivity index (χ2v) is 7.24. The van der Waals surface area contributed by atoms with Gasteiger partial charge in [0.2, 0.25) is 0 Å². The number of hydrogen-bond acceptors (Lipinski definition) is 4. The van der Waals surface area contributed by atoms with Crippen molar-refractivity contribution in [2.75, 3.05) is 6.54 Å². The van der Waals surface area contributed by atoms with E-state index in [9.17, 15) is 4.79 Å². The Kier molecular flexibility index (Phi) is 5.13. The molecule has 1 saturated carbocycles. The van der Waals surface area contributed by atoms with Crippen LogP contribution in [0.1, 0.15) is 70.7 Å². The molecule has 2 heterocycles. The summed E-state index contributed by atoms with van der Waals surface area (Å²) >= 11 is 0. The average Bonchev–Trinajstić information content (AvgIpc) is 3.29. The molecule has 1 aliphatic heterocycles. The van der Waals surface area contributed by atoms with Gasteiger partial charge >= 0.3 is 6.03 Å². The molecule has 128 valence electrons. The number of piperidine rings is 1. The van der Waals surface area contributed by atoms with E-state index in [-0.39, 0.29) is 6.03 Å². The van der Waals surface area contributed by atoms with Crippen LogP contribution in [0.2, 0.25) is 0 Å². The lowest BCUT2D eigenvalue weighted by Gasteiger charge is -2.36. The third-order valence-electron chi connectivity index (χ3n) is 4.82. The minimum atomic E-state index is 0.0313. The van der Waals surface area contributed by atoms with Gasteiger partial charge in [-0.3, -0.25) is 0 Å². The molecular weight excluding hydrogens is 292 g/mol. The number of hydrogen-bond donors (Lipinski definition) is 1. The van der Waals surface area contributed by atoms with Gasteiger partial charge in [-0.15, -0.1) is 5.10 Å². The topological polar surface area (TPSA) is 75.9 Å². The Morgan fingerprint density at radius 1 is 1.30 bits per heavy atom. The summed E-state index contributed by atoms with van der Waals surface area (Å²) < 4.78 is 1.85. The number of aromatic nitrogens is 4. The summed E-state index contributed by atoms with van der Waals surface area (Å²) in [5.74, 6) is 1.45. The molecule has 2 aliphatic rings. The third-order valence-corrected chi connectivity index (χ3v) is 4.82. The maximum atomic E-state index is 12.6. The van der Waals surface area contributed by atoms with Crippen molar-refractivity contribution < 1.29 is 4.79 Å². The van der Waals surface area contributed by atoms with Crippen molar-refractivity contribution >= 4 is 6.03 Å². The largest absolute Gasteiger partial charge is 0.331 e. The van der Waals surface area contributed by atoms with E-state index in [2.05, 4.69) is 34.7 Å². The molecule has 3 rings (SSSR count). The number of nitrogens with zero attached hydrogens (tertiary/aromatic N) is 5. The molecule has 1 aromatic rings. The van der Waals surface area contributed by atoms with E-state index in [0.717, 1.165) is 44.5 Å². The van der Waals surface area contributed by atoms with E-state index in [1.54, 1.807) is 0 Å². The lowest BCUT2D eigenvalue weighted by molar-refractivity contribution is 0.142. The Balaban J connectivity index is 1.53. The summed E-state index contributed by atoms with van der Waals surface area (Å²) in [6.45, 7) is 5.76. The third kappa shape index (κ3) is 4.20. The molecule has 0 aromatic carbocycles. The molecule has 1 aromatic heterocycles. The quantitative estimate of drug-likeness (QED) is 0.874. The number of tetrazole rings is 1. The minimum Gasteiger partial charge on any atom is -0.331 e. The summed E-state index contributed by atoms with van der Waals surface area (Å²) in [7, 11) is 0. The van der Waals surface area contributed by atoms with E-state index in [1.165, 1.54) is 12.8 Å². The van der Waals surface area contributed by atoms with Gasteiger partial charge in [-0.05, 0) is 61.3 Å². The average molecular weight is 320 g/mol. The maximum absolute atomic E-state index is 12.6. The fourth-order valence-corrected chi connectivity index (χ4v) is 3.28. The zero-order chi connectivity index (χ0) is 16.2. The van der Waals surface area contributed by atoms with Crippen molar-refractivity contribution in [1.82, 2.24) is 30.4 Å². The standard InChI is InChI=1S/C16H28N6O/c1-12(2)6-7-13-5-3-4-10-21(13)16(23)17-11-15-18-19-20-22(15)14-8-9-14/h12-14H,3-11H2,1-2H3,(H,17,23)/t13-/m0/s1. The van der Waals surface area contributed by atoms with Crippen LogP contribution in [-0.4, -0.2) is 43.7 Å². The first kappa shape index (κ1) is 16.2. The monoisotopic (exact) mass is 320 g/mol. The van der Waals surface area contributed by atoms with E-state index >= 15 is 0 Å². The molecule has 7 nitrogen and oxygen atoms in total. The Hall–Kier alpha value is -1.66. The van der Waals surface area contributed by atoms with Crippen molar-refractivity contribution in [2.45, 2.75) is 77.4 Å². The van der Waals surface area contributed by atoms with Crippen LogP contribution < -0.4 is 5.32 Å². The van der Waals surface area contributed by atoms with Crippen LogP contribution in [0.25, 0.3) is 0 Å². The summed E-state index contributed by atoms with van der Waals surface area (Å²) in [6.07, 6.45) is 8.00. The van der Waals surface area contributed by atoms with Crippen LogP contribution >= 0.6 is 0 Å². The molecule has 7 heteroatoms. The van der Waals surface area contributed by atoms with Crippen molar-refractivity contribution in [3.8, 4) is 0 Å². The van der Waals surface area contributed by atoms with Gasteiger partial charge in [-0.25, -0.2) is 9.48 Å². The molecule has 2 fully saturated rings. The Bertz CT molecular complexity index is 524. The molecule has 0 radical (unpaired) electrons. The number of amides is 2. The summed E-state index contributed by atoms with van der Waals surface area (Å²) in [4.78, 5) is 14.6. The number of carbonyl (C=O) groups excluding carboxylic acids is 1. The molecule has 2 amide bonds. The summed E-state index contributed by atoms with van der Waals surface area (Å²) in [5.41, 5.74) is 0. The van der Waals surface area contributed by atoms with Gasteiger partial charge in [0.25, 0.3) is 0 Å². The van der Waals surface area contributed by atoms with Gasteiger partial charge in [-0.2, -0.15) is 0 Å². The summed E-state index contributed by atoms with van der Waals surface area (Å²) in [5, 5.41) is 14.8. The number of nitrogens with one attached hydrogen (secondary N) is 1. The van der Waals surface area contributed by atoms with Crippen LogP contribution in [-0.2, 0) is 6.54 Å². The second-order valence-electron chi connectivity index (χ2n) is 7.24. The number of likely N-dealkylation sites (tertiary alicyclic amines) is 1. The van der Waals surface area contributed by atoms with Crippen LogP contribution in [0.3, 0.4) is 0 Å². The van der Waals surface area contributed by atoms with E-state index in [4.69, 9.17) is 0 Å². The smallest absolute Gasteiger partial charge is 0.318 e. The first-order valence-corrected chi connectivity index (χ1v) is 8.96. The van der Waals surface area contributed by atoms with Gasteiger partial charge in [0, 0.05) is 12.6 Å². The first-order chi connectivity index (χ1) is 11.1. The van der Waals surface area contributed by atoms with Crippen LogP contribution in [0.15, 0.2) is 0 Å². The second kappa shape index (κ2) is 7.27. The van der Waals surface area contributed by atoms with Crippen LogP contribution in [0, 0.1) is 5.92 Å². The highest BCUT2D eigenvalue weighted by atomic mass is 16.2. The normalized spacial score (nSPS) is 21.7. The zero-order valence-corrected chi connectivity index (χ0v) is 14.2. The minimum absolute atomic E-state index is 0.0313. The molecule has 23 heavy (non-hydrogen) atoms. The molecule has 1 N–H and O–H groups in total. The highest BCUT2D eigenvalue weighted by Gasteiger charge is 2.29. The van der Waals surface area contributed by atoms with Gasteiger partial charge < -0.3 is 10.2 Å². The maximum Gasteiger partial charge on any atom is 0.318 e. The number of urea groups is 1. The molecule has 1 atom stereocenters. The van der Waals surface area contributed by atoms with E-state index in [1.807, 2.05) is 9.58 Å². The number of rotatable bonds is 6. The van der Waals surface area contributed by atoms with Crippen LogP contribution in [0.5, 0.6) is 0 Å². The first-order valence-electron chi connectivity index (χ1n) is 8.96. The van der Waals surface area contributed by atoms with Crippen molar-refractivity contribution in [2.24, 2.45) is 5.92 Å². The molecule has 1 aliphatic carbocycles. The predicted molar refractivity (Wildman–Crippen MR) is 86.7 cm³/mol. The lowest BCUT2D eigenvalue weighted by atomic mass is 9.95. The lowest BCUT2D eigenvalue weighted by Crippen LogP contribution is -2.48. The summed E-state index contributed by atoms with van der Waals surface area (Å²) in [6, 6.07) is 0.847. The zero-order valence-electron chi connectivity index (χ0n) is 14.2. The predicted octanol–water partition coefficient (Wildman–Crippen LogP) is 2.51. The highest BCUT2D eigenvalue weighted by Crippen LogP contribution is 2.34. The van der Waals surface area contributed by atoms with Gasteiger partial charge in [-0.1, -0.05) is 13.8 Å². The van der Waals surface area contributed by atoms with Crippen molar-refractivity contribution in [1.29, 1.82) is 0 Å². The van der Waals surface area contributed by atoms with Crippen molar-refractivity contribution in [3.05, 3.63) is 5.82 Å². The molecule has 1 saturated heterocycles. The Morgan fingerprint density at radius 3 is 2.87 bits per heavy atom. The van der Waals surface area contributed by atoms with Gasteiger partial charge in [0.05, 0.1) is 12.6 Å². The highest BCUT2D eigenvalue weighted by molar-refractivity contribution is 5.74. The Labute approximate surface area is 137 Å². The van der Waals surface area contributed by atoms with Gasteiger partial charge in [0.1, 0.15) is 0 Å². The molecule has 0 unspecified atom stereocenters. The fourth-order valence-electron chi connectivity index (χ4n) is 3.28. The van der Waals surface area contributed by atoms with E-state index < -0.39 is 0 Å².